The van der Waals surface area contributed by atoms with Crippen LogP contribution in [0.2, 0.25) is 0 Å². The maximum Gasteiger partial charge on any atom is 0.0751 e. The molecule has 3 heteroatoms. The number of aryl methyl sites for hydroxylation is 1. The van der Waals surface area contributed by atoms with Gasteiger partial charge in [-0.15, -0.1) is 0 Å². The van der Waals surface area contributed by atoms with Crippen LogP contribution in [0.3, 0.4) is 0 Å². The number of hydrogen-bond donors (Lipinski definition) is 1. The van der Waals surface area contributed by atoms with Crippen LogP contribution in [-0.4, -0.2) is 4.98 Å². The van der Waals surface area contributed by atoms with Crippen molar-refractivity contribution in [3.05, 3.63) is 70.3 Å². The highest BCUT2D eigenvalue weighted by Crippen LogP contribution is 2.28. The number of anilines is 1. The SMILES string of the molecule is Cc1ccc(NC(C)c2ccc(Br)cc2)c2cccnc12. The lowest BCUT2D eigenvalue weighted by molar-refractivity contribution is 0.886. The summed E-state index contributed by atoms with van der Waals surface area (Å²) in [4.78, 5) is 4.49. The van der Waals surface area contributed by atoms with Crippen LogP contribution in [0.25, 0.3) is 10.9 Å². The molecular formula is C18H17BrN2. The van der Waals surface area contributed by atoms with Crippen LogP contribution < -0.4 is 5.32 Å². The first-order chi connectivity index (χ1) is 10.1. The first kappa shape index (κ1) is 14.1. The molecule has 1 heterocycles. The smallest absolute Gasteiger partial charge is 0.0751 e. The van der Waals surface area contributed by atoms with E-state index in [0.29, 0.717) is 0 Å². The number of fused-ring (bicyclic) bond motifs is 1. The Morgan fingerprint density at radius 1 is 1.05 bits per heavy atom. The van der Waals surface area contributed by atoms with Gasteiger partial charge in [-0.25, -0.2) is 0 Å². The average molecular weight is 341 g/mol. The van der Waals surface area contributed by atoms with Gasteiger partial charge < -0.3 is 5.32 Å². The molecule has 106 valence electrons. The lowest BCUT2D eigenvalue weighted by Crippen LogP contribution is -2.07. The maximum absolute atomic E-state index is 4.49. The van der Waals surface area contributed by atoms with E-state index in [1.165, 1.54) is 16.5 Å². The van der Waals surface area contributed by atoms with Crippen LogP contribution >= 0.6 is 15.9 Å². The Morgan fingerprint density at radius 2 is 1.81 bits per heavy atom. The Hall–Kier alpha value is -1.87. The minimum atomic E-state index is 0.240. The van der Waals surface area contributed by atoms with Gasteiger partial charge in [-0.3, -0.25) is 4.98 Å². The first-order valence-corrected chi connectivity index (χ1v) is 7.81. The van der Waals surface area contributed by atoms with Gasteiger partial charge in [-0.2, -0.15) is 0 Å². The molecule has 0 aliphatic heterocycles. The number of aromatic nitrogens is 1. The van der Waals surface area contributed by atoms with Crippen LogP contribution in [-0.2, 0) is 0 Å². The molecule has 0 bridgehead atoms. The molecule has 3 rings (SSSR count). The normalized spacial score (nSPS) is 12.3. The highest BCUT2D eigenvalue weighted by molar-refractivity contribution is 9.10. The zero-order valence-electron chi connectivity index (χ0n) is 12.1. The summed E-state index contributed by atoms with van der Waals surface area (Å²) in [6.07, 6.45) is 1.84. The van der Waals surface area contributed by atoms with Crippen molar-refractivity contribution in [3.63, 3.8) is 0 Å². The minimum absolute atomic E-state index is 0.240. The molecule has 21 heavy (non-hydrogen) atoms. The fourth-order valence-corrected chi connectivity index (χ4v) is 2.77. The number of pyridine rings is 1. The lowest BCUT2D eigenvalue weighted by Gasteiger charge is -2.18. The number of nitrogens with zero attached hydrogens (tertiary/aromatic N) is 1. The zero-order chi connectivity index (χ0) is 14.8. The average Bonchev–Trinajstić information content (AvgIpc) is 2.51. The van der Waals surface area contributed by atoms with Crippen LogP contribution in [0.4, 0.5) is 5.69 Å². The van der Waals surface area contributed by atoms with Crippen molar-refractivity contribution in [1.82, 2.24) is 4.98 Å². The van der Waals surface area contributed by atoms with Gasteiger partial charge in [0.2, 0.25) is 0 Å². The summed E-state index contributed by atoms with van der Waals surface area (Å²) >= 11 is 3.47. The third-order valence-electron chi connectivity index (χ3n) is 3.71. The molecule has 0 radical (unpaired) electrons. The van der Waals surface area contributed by atoms with E-state index in [0.717, 1.165) is 15.7 Å². The predicted octanol–water partition coefficient (Wildman–Crippen LogP) is 5.48. The van der Waals surface area contributed by atoms with Crippen molar-refractivity contribution in [1.29, 1.82) is 0 Å². The number of rotatable bonds is 3. The summed E-state index contributed by atoms with van der Waals surface area (Å²) in [7, 11) is 0. The van der Waals surface area contributed by atoms with Crippen LogP contribution in [0.5, 0.6) is 0 Å². The fraction of sp³-hybridized carbons (Fsp3) is 0.167. The van der Waals surface area contributed by atoms with E-state index in [1.807, 2.05) is 12.3 Å². The third-order valence-corrected chi connectivity index (χ3v) is 4.24. The van der Waals surface area contributed by atoms with Crippen molar-refractivity contribution < 1.29 is 0 Å². The van der Waals surface area contributed by atoms with Gasteiger partial charge in [0.1, 0.15) is 0 Å². The Labute approximate surface area is 133 Å². The van der Waals surface area contributed by atoms with E-state index in [2.05, 4.69) is 82.5 Å². The predicted molar refractivity (Wildman–Crippen MR) is 92.7 cm³/mol. The number of benzene rings is 2. The van der Waals surface area contributed by atoms with Crippen LogP contribution in [0.15, 0.2) is 59.2 Å². The molecule has 2 aromatic carbocycles. The number of nitrogens with one attached hydrogen (secondary N) is 1. The summed E-state index contributed by atoms with van der Waals surface area (Å²) in [6.45, 7) is 4.27. The van der Waals surface area contributed by atoms with E-state index in [1.54, 1.807) is 0 Å². The summed E-state index contributed by atoms with van der Waals surface area (Å²) in [5, 5.41) is 4.76. The van der Waals surface area contributed by atoms with Gasteiger partial charge >= 0.3 is 0 Å². The van der Waals surface area contributed by atoms with Crippen molar-refractivity contribution in [2.45, 2.75) is 19.9 Å². The Balaban J connectivity index is 1.95. The van der Waals surface area contributed by atoms with E-state index in [4.69, 9.17) is 0 Å². The van der Waals surface area contributed by atoms with Crippen molar-refractivity contribution >= 4 is 32.5 Å². The molecule has 0 fully saturated rings. The quantitative estimate of drug-likeness (QED) is 0.682. The Bertz CT molecular complexity index is 766. The fourth-order valence-electron chi connectivity index (χ4n) is 2.51. The second kappa shape index (κ2) is 5.86. The number of hydrogen-bond acceptors (Lipinski definition) is 2. The van der Waals surface area contributed by atoms with E-state index in [-0.39, 0.29) is 6.04 Å². The molecule has 1 N–H and O–H groups in total. The Kier molecular flexibility index (Phi) is 3.93. The van der Waals surface area contributed by atoms with Crippen molar-refractivity contribution in [2.75, 3.05) is 5.32 Å². The molecule has 0 aliphatic carbocycles. The van der Waals surface area contributed by atoms with E-state index in [9.17, 15) is 0 Å². The van der Waals surface area contributed by atoms with Gasteiger partial charge in [0, 0.05) is 27.8 Å². The van der Waals surface area contributed by atoms with Gasteiger partial charge in [0.25, 0.3) is 0 Å². The Morgan fingerprint density at radius 3 is 2.57 bits per heavy atom. The monoisotopic (exact) mass is 340 g/mol. The zero-order valence-corrected chi connectivity index (χ0v) is 13.7. The van der Waals surface area contributed by atoms with Gasteiger partial charge in [-0.05, 0) is 55.3 Å². The van der Waals surface area contributed by atoms with Crippen molar-refractivity contribution in [2.24, 2.45) is 0 Å². The minimum Gasteiger partial charge on any atom is -0.378 e. The molecule has 0 spiro atoms. The molecule has 0 saturated heterocycles. The van der Waals surface area contributed by atoms with Gasteiger partial charge in [0.15, 0.2) is 0 Å². The second-order valence-electron chi connectivity index (χ2n) is 5.25. The second-order valence-corrected chi connectivity index (χ2v) is 6.16. The highest BCUT2D eigenvalue weighted by Gasteiger charge is 2.09. The largest absolute Gasteiger partial charge is 0.378 e. The highest BCUT2D eigenvalue weighted by atomic mass is 79.9. The summed E-state index contributed by atoms with van der Waals surface area (Å²) in [5.41, 5.74) is 4.65. The lowest BCUT2D eigenvalue weighted by atomic mass is 10.1. The number of halogens is 1. The first-order valence-electron chi connectivity index (χ1n) is 7.01. The maximum atomic E-state index is 4.49. The molecule has 0 aliphatic rings. The van der Waals surface area contributed by atoms with Gasteiger partial charge in [-0.1, -0.05) is 34.1 Å². The van der Waals surface area contributed by atoms with E-state index >= 15 is 0 Å². The summed E-state index contributed by atoms with van der Waals surface area (Å²) in [5.74, 6) is 0. The van der Waals surface area contributed by atoms with Gasteiger partial charge in [0.05, 0.1) is 5.52 Å². The molecule has 1 aromatic heterocycles. The standard InChI is InChI=1S/C18H17BrN2/c1-12-5-10-17(16-4-3-11-20-18(12)16)21-13(2)14-6-8-15(19)9-7-14/h3-11,13,21H,1-2H3. The van der Waals surface area contributed by atoms with Crippen LogP contribution in [0.1, 0.15) is 24.1 Å². The van der Waals surface area contributed by atoms with Crippen molar-refractivity contribution in [3.8, 4) is 0 Å². The molecular weight excluding hydrogens is 324 g/mol. The molecule has 3 aromatic rings. The van der Waals surface area contributed by atoms with E-state index < -0.39 is 0 Å². The molecule has 0 amide bonds. The molecule has 1 atom stereocenters. The molecule has 1 unspecified atom stereocenters. The molecule has 0 saturated carbocycles. The van der Waals surface area contributed by atoms with Crippen LogP contribution in [0, 0.1) is 6.92 Å². The summed E-state index contributed by atoms with van der Waals surface area (Å²) < 4.78 is 1.10. The third kappa shape index (κ3) is 2.93. The molecule has 2 nitrogen and oxygen atoms in total. The topological polar surface area (TPSA) is 24.9 Å². The summed E-state index contributed by atoms with van der Waals surface area (Å²) in [6, 6.07) is 17.0.